The van der Waals surface area contributed by atoms with Crippen LogP contribution >= 0.6 is 0 Å². The molecule has 4 heteroatoms. The Labute approximate surface area is 118 Å². The Hall–Kier alpha value is -2.36. The van der Waals surface area contributed by atoms with Gasteiger partial charge in [-0.15, -0.1) is 0 Å². The SMILES string of the molecule is CC(C)c1ccc([C@@H]2NC(=O)c3cccnc3N2)cc1. The summed E-state index contributed by atoms with van der Waals surface area (Å²) in [7, 11) is 0. The summed E-state index contributed by atoms with van der Waals surface area (Å²) in [6.45, 7) is 4.33. The summed E-state index contributed by atoms with van der Waals surface area (Å²) in [6.07, 6.45) is 1.45. The van der Waals surface area contributed by atoms with Gasteiger partial charge in [-0.05, 0) is 29.2 Å². The minimum Gasteiger partial charge on any atom is -0.346 e. The molecule has 2 aromatic rings. The van der Waals surface area contributed by atoms with Gasteiger partial charge in [0, 0.05) is 6.20 Å². The van der Waals surface area contributed by atoms with Crippen LogP contribution in [0.5, 0.6) is 0 Å². The predicted octanol–water partition coefficient (Wildman–Crippen LogP) is 3.06. The van der Waals surface area contributed by atoms with E-state index in [1.807, 2.05) is 12.1 Å². The van der Waals surface area contributed by atoms with Gasteiger partial charge in [0.15, 0.2) is 0 Å². The average Bonchev–Trinajstić information content (AvgIpc) is 2.47. The number of rotatable bonds is 2. The van der Waals surface area contributed by atoms with Crippen LogP contribution in [-0.2, 0) is 0 Å². The second kappa shape index (κ2) is 4.96. The number of hydrogen-bond acceptors (Lipinski definition) is 3. The van der Waals surface area contributed by atoms with E-state index in [0.717, 1.165) is 5.56 Å². The number of anilines is 1. The number of nitrogens with one attached hydrogen (secondary N) is 2. The van der Waals surface area contributed by atoms with E-state index >= 15 is 0 Å². The fourth-order valence-corrected chi connectivity index (χ4v) is 2.33. The standard InChI is InChI=1S/C16H17N3O/c1-10(2)11-5-7-12(8-6-11)14-18-15-13(16(20)19-14)4-3-9-17-15/h3-10,14H,1-2H3,(H,17,18)(H,19,20)/t14-/m0/s1. The maximum atomic E-state index is 12.1. The molecule has 20 heavy (non-hydrogen) atoms. The molecule has 0 fully saturated rings. The first-order chi connectivity index (χ1) is 9.65. The smallest absolute Gasteiger partial charge is 0.256 e. The molecule has 0 bridgehead atoms. The molecule has 102 valence electrons. The van der Waals surface area contributed by atoms with Crippen molar-refractivity contribution in [3.63, 3.8) is 0 Å². The zero-order valence-corrected chi connectivity index (χ0v) is 11.6. The van der Waals surface area contributed by atoms with E-state index in [1.165, 1.54) is 5.56 Å². The van der Waals surface area contributed by atoms with Crippen LogP contribution in [0, 0.1) is 0 Å². The van der Waals surface area contributed by atoms with E-state index in [2.05, 4.69) is 41.6 Å². The van der Waals surface area contributed by atoms with Crippen LogP contribution < -0.4 is 10.6 Å². The molecule has 0 aliphatic carbocycles. The van der Waals surface area contributed by atoms with Gasteiger partial charge < -0.3 is 10.6 Å². The molecule has 1 aromatic carbocycles. The molecule has 1 aliphatic rings. The lowest BCUT2D eigenvalue weighted by Crippen LogP contribution is -2.38. The molecule has 0 spiro atoms. The molecular formula is C16H17N3O. The van der Waals surface area contributed by atoms with Gasteiger partial charge in [-0.1, -0.05) is 38.1 Å². The van der Waals surface area contributed by atoms with E-state index in [-0.39, 0.29) is 12.1 Å². The second-order valence-corrected chi connectivity index (χ2v) is 5.27. The van der Waals surface area contributed by atoms with Gasteiger partial charge >= 0.3 is 0 Å². The number of carbonyl (C=O) groups is 1. The molecule has 0 radical (unpaired) electrons. The van der Waals surface area contributed by atoms with Gasteiger partial charge in [0.2, 0.25) is 0 Å². The van der Waals surface area contributed by atoms with Crippen molar-refractivity contribution in [2.45, 2.75) is 25.9 Å². The fourth-order valence-electron chi connectivity index (χ4n) is 2.33. The quantitative estimate of drug-likeness (QED) is 0.879. The van der Waals surface area contributed by atoms with Crippen molar-refractivity contribution >= 4 is 11.7 Å². The third-order valence-corrected chi connectivity index (χ3v) is 3.55. The van der Waals surface area contributed by atoms with Gasteiger partial charge in [-0.25, -0.2) is 4.98 Å². The largest absolute Gasteiger partial charge is 0.346 e. The van der Waals surface area contributed by atoms with Crippen LogP contribution in [0.2, 0.25) is 0 Å². The minimum absolute atomic E-state index is 0.0928. The summed E-state index contributed by atoms with van der Waals surface area (Å²) < 4.78 is 0. The van der Waals surface area contributed by atoms with Crippen LogP contribution in [0.15, 0.2) is 42.6 Å². The van der Waals surface area contributed by atoms with E-state index in [4.69, 9.17) is 0 Å². The zero-order chi connectivity index (χ0) is 14.1. The zero-order valence-electron chi connectivity index (χ0n) is 11.6. The Morgan fingerprint density at radius 1 is 1.10 bits per heavy atom. The Morgan fingerprint density at radius 3 is 2.55 bits per heavy atom. The van der Waals surface area contributed by atoms with Crippen molar-refractivity contribution < 1.29 is 4.79 Å². The maximum absolute atomic E-state index is 12.1. The predicted molar refractivity (Wildman–Crippen MR) is 78.6 cm³/mol. The highest BCUT2D eigenvalue weighted by molar-refractivity contribution is 6.00. The molecule has 2 heterocycles. The van der Waals surface area contributed by atoms with Crippen molar-refractivity contribution in [2.75, 3.05) is 5.32 Å². The number of benzene rings is 1. The van der Waals surface area contributed by atoms with Crippen LogP contribution in [0.3, 0.4) is 0 Å². The molecule has 1 aromatic heterocycles. The highest BCUT2D eigenvalue weighted by Gasteiger charge is 2.24. The first kappa shape index (κ1) is 12.7. The summed E-state index contributed by atoms with van der Waals surface area (Å²) in [5, 5.41) is 6.20. The molecule has 1 atom stereocenters. The van der Waals surface area contributed by atoms with Crippen LogP contribution in [0.25, 0.3) is 0 Å². The summed E-state index contributed by atoms with van der Waals surface area (Å²) in [5.41, 5.74) is 2.90. The lowest BCUT2D eigenvalue weighted by molar-refractivity contribution is 0.0935. The van der Waals surface area contributed by atoms with E-state index < -0.39 is 0 Å². The molecular weight excluding hydrogens is 250 g/mol. The van der Waals surface area contributed by atoms with Crippen LogP contribution in [-0.4, -0.2) is 10.9 Å². The third kappa shape index (κ3) is 2.25. The second-order valence-electron chi connectivity index (χ2n) is 5.27. The number of amides is 1. The molecule has 1 aliphatic heterocycles. The van der Waals surface area contributed by atoms with Crippen LogP contribution in [0.1, 0.15) is 47.4 Å². The molecule has 1 amide bonds. The number of carbonyl (C=O) groups excluding carboxylic acids is 1. The molecule has 0 unspecified atom stereocenters. The third-order valence-electron chi connectivity index (χ3n) is 3.55. The molecule has 3 rings (SSSR count). The van der Waals surface area contributed by atoms with E-state index in [9.17, 15) is 4.79 Å². The van der Waals surface area contributed by atoms with Crippen molar-refractivity contribution in [1.82, 2.24) is 10.3 Å². The lowest BCUT2D eigenvalue weighted by atomic mass is 10.0. The van der Waals surface area contributed by atoms with Gasteiger partial charge in [-0.2, -0.15) is 0 Å². The topological polar surface area (TPSA) is 54.0 Å². The first-order valence-electron chi connectivity index (χ1n) is 6.77. The van der Waals surface area contributed by atoms with Crippen molar-refractivity contribution in [1.29, 1.82) is 0 Å². The summed E-state index contributed by atoms with van der Waals surface area (Å²) in [6, 6.07) is 11.8. The monoisotopic (exact) mass is 267 g/mol. The van der Waals surface area contributed by atoms with Gasteiger partial charge in [0.1, 0.15) is 12.0 Å². The summed E-state index contributed by atoms with van der Waals surface area (Å²) >= 11 is 0. The van der Waals surface area contributed by atoms with Crippen molar-refractivity contribution in [3.05, 3.63) is 59.3 Å². The first-order valence-corrected chi connectivity index (χ1v) is 6.77. The number of pyridine rings is 1. The van der Waals surface area contributed by atoms with E-state index in [0.29, 0.717) is 17.3 Å². The minimum atomic E-state index is -0.230. The number of aromatic nitrogens is 1. The lowest BCUT2D eigenvalue weighted by Gasteiger charge is -2.27. The Balaban J connectivity index is 1.88. The molecule has 2 N–H and O–H groups in total. The molecule has 0 saturated heterocycles. The van der Waals surface area contributed by atoms with E-state index in [1.54, 1.807) is 18.3 Å². The Morgan fingerprint density at radius 2 is 1.85 bits per heavy atom. The van der Waals surface area contributed by atoms with Gasteiger partial charge in [0.25, 0.3) is 5.91 Å². The highest BCUT2D eigenvalue weighted by atomic mass is 16.2. The Bertz CT molecular complexity index is 634. The number of hydrogen-bond donors (Lipinski definition) is 2. The highest BCUT2D eigenvalue weighted by Crippen LogP contribution is 2.25. The van der Waals surface area contributed by atoms with Crippen molar-refractivity contribution in [2.24, 2.45) is 0 Å². The molecule has 0 saturated carbocycles. The Kier molecular flexibility index (Phi) is 3.14. The van der Waals surface area contributed by atoms with Crippen molar-refractivity contribution in [3.8, 4) is 0 Å². The number of nitrogens with zero attached hydrogens (tertiary/aromatic N) is 1. The molecule has 4 nitrogen and oxygen atoms in total. The van der Waals surface area contributed by atoms with Gasteiger partial charge in [0.05, 0.1) is 5.56 Å². The average molecular weight is 267 g/mol. The van der Waals surface area contributed by atoms with Crippen LogP contribution in [0.4, 0.5) is 5.82 Å². The summed E-state index contributed by atoms with van der Waals surface area (Å²) in [5.74, 6) is 1.04. The maximum Gasteiger partial charge on any atom is 0.256 e. The number of fused-ring (bicyclic) bond motifs is 1. The fraction of sp³-hybridized carbons (Fsp3) is 0.250. The van der Waals surface area contributed by atoms with Gasteiger partial charge in [-0.3, -0.25) is 4.79 Å². The summed E-state index contributed by atoms with van der Waals surface area (Å²) in [4.78, 5) is 16.3. The normalized spacial score (nSPS) is 17.4.